The number of aldehydes is 1. The summed E-state index contributed by atoms with van der Waals surface area (Å²) in [6.07, 6.45) is 0.762. The first-order valence-electron chi connectivity index (χ1n) is 5.10. The first kappa shape index (κ1) is 12.4. The maximum Gasteiger partial charge on any atom is 0.371 e. The van der Waals surface area contributed by atoms with Crippen molar-refractivity contribution in [3.05, 3.63) is 35.4 Å². The first-order chi connectivity index (χ1) is 7.63. The van der Waals surface area contributed by atoms with Crippen molar-refractivity contribution in [2.45, 2.75) is 19.4 Å². The molecule has 0 radical (unpaired) electrons. The van der Waals surface area contributed by atoms with E-state index in [-0.39, 0.29) is 18.9 Å². The molecule has 0 unspecified atom stereocenters. The molecule has 0 bridgehead atoms. The van der Waals surface area contributed by atoms with E-state index in [1.54, 1.807) is 0 Å². The van der Waals surface area contributed by atoms with Gasteiger partial charge in [0.05, 0.1) is 6.61 Å². The molecular formula is C12H15NO3. The number of ether oxygens (including phenoxy) is 1. The second-order valence-corrected chi connectivity index (χ2v) is 3.57. The molecule has 0 fully saturated rings. The third kappa shape index (κ3) is 3.82. The summed E-state index contributed by atoms with van der Waals surface area (Å²) in [5.41, 5.74) is 7.82. The smallest absolute Gasteiger partial charge is 0.371 e. The van der Waals surface area contributed by atoms with Gasteiger partial charge in [0.2, 0.25) is 6.29 Å². The van der Waals surface area contributed by atoms with Crippen LogP contribution < -0.4 is 5.73 Å². The highest BCUT2D eigenvalue weighted by Crippen LogP contribution is 2.11. The van der Waals surface area contributed by atoms with Gasteiger partial charge in [0.15, 0.2) is 0 Å². The Morgan fingerprint density at radius 1 is 1.44 bits per heavy atom. The van der Waals surface area contributed by atoms with Crippen molar-refractivity contribution in [1.82, 2.24) is 0 Å². The summed E-state index contributed by atoms with van der Waals surface area (Å²) < 4.78 is 4.64. The lowest BCUT2D eigenvalue weighted by atomic mass is 10.1. The number of benzene rings is 1. The molecule has 0 saturated heterocycles. The molecule has 0 amide bonds. The minimum atomic E-state index is -0.827. The van der Waals surface area contributed by atoms with E-state index in [1.807, 2.05) is 31.2 Å². The highest BCUT2D eigenvalue weighted by Gasteiger charge is 2.01. The van der Waals surface area contributed by atoms with Crippen LogP contribution >= 0.6 is 0 Å². The summed E-state index contributed by atoms with van der Waals surface area (Å²) in [6, 6.07) is 7.78. The molecule has 4 nitrogen and oxygen atoms in total. The normalized spacial score (nSPS) is 11.9. The van der Waals surface area contributed by atoms with Gasteiger partial charge in [-0.05, 0) is 18.1 Å². The minimum Gasteiger partial charge on any atom is -0.460 e. The Balaban J connectivity index is 2.43. The Hall–Kier alpha value is -1.68. The van der Waals surface area contributed by atoms with Crippen molar-refractivity contribution in [2.24, 2.45) is 5.73 Å². The van der Waals surface area contributed by atoms with Crippen molar-refractivity contribution in [3.8, 4) is 0 Å². The summed E-state index contributed by atoms with van der Waals surface area (Å²) in [7, 11) is 0. The molecule has 1 rings (SSSR count). The molecule has 1 aromatic carbocycles. The van der Waals surface area contributed by atoms with Gasteiger partial charge in [0.25, 0.3) is 0 Å². The quantitative estimate of drug-likeness (QED) is 0.457. The number of esters is 1. The predicted octanol–water partition coefficient (Wildman–Crippen LogP) is 0.991. The zero-order valence-corrected chi connectivity index (χ0v) is 9.18. The lowest BCUT2D eigenvalue weighted by molar-refractivity contribution is -0.148. The standard InChI is InChI=1S/C12H15NO3/c1-9(13)11-4-2-10(3-5-11)6-7-16-12(15)8-14/h2-5,8-9H,6-7,13H2,1H3/t9-/m1/s1. The Morgan fingerprint density at radius 2 is 2.06 bits per heavy atom. The predicted molar refractivity (Wildman–Crippen MR) is 59.8 cm³/mol. The maximum absolute atomic E-state index is 10.5. The van der Waals surface area contributed by atoms with Gasteiger partial charge < -0.3 is 10.5 Å². The van der Waals surface area contributed by atoms with E-state index in [2.05, 4.69) is 4.74 Å². The fourth-order valence-electron chi connectivity index (χ4n) is 1.29. The molecule has 86 valence electrons. The molecular weight excluding hydrogens is 206 g/mol. The molecule has 1 atom stereocenters. The number of carbonyl (C=O) groups excluding carboxylic acids is 2. The van der Waals surface area contributed by atoms with E-state index in [4.69, 9.17) is 5.73 Å². The third-order valence-electron chi connectivity index (χ3n) is 2.24. The van der Waals surface area contributed by atoms with Crippen LogP contribution in [0, 0.1) is 0 Å². The zero-order valence-electron chi connectivity index (χ0n) is 9.18. The number of hydrogen-bond acceptors (Lipinski definition) is 4. The number of nitrogens with two attached hydrogens (primary N) is 1. The second kappa shape index (κ2) is 6.02. The first-order valence-corrected chi connectivity index (χ1v) is 5.10. The Bertz CT molecular complexity index is 357. The van der Waals surface area contributed by atoms with Gasteiger partial charge in [-0.25, -0.2) is 4.79 Å². The van der Waals surface area contributed by atoms with Gasteiger partial charge >= 0.3 is 5.97 Å². The molecule has 1 aromatic rings. The Morgan fingerprint density at radius 3 is 2.56 bits per heavy atom. The molecule has 0 heterocycles. The summed E-state index contributed by atoms with van der Waals surface area (Å²) in [5.74, 6) is -0.827. The highest BCUT2D eigenvalue weighted by atomic mass is 16.5. The summed E-state index contributed by atoms with van der Waals surface area (Å²) in [5, 5.41) is 0. The van der Waals surface area contributed by atoms with Crippen LogP contribution in [0.1, 0.15) is 24.1 Å². The van der Waals surface area contributed by atoms with Crippen LogP contribution in [0.2, 0.25) is 0 Å². The van der Waals surface area contributed by atoms with Gasteiger partial charge in [-0.2, -0.15) is 0 Å². The van der Waals surface area contributed by atoms with Crippen molar-refractivity contribution >= 4 is 12.3 Å². The summed E-state index contributed by atoms with van der Waals surface area (Å²) in [6.45, 7) is 2.13. The molecule has 16 heavy (non-hydrogen) atoms. The number of rotatable bonds is 5. The van der Waals surface area contributed by atoms with Crippen molar-refractivity contribution in [2.75, 3.05) is 6.61 Å². The number of hydrogen-bond donors (Lipinski definition) is 1. The van der Waals surface area contributed by atoms with Gasteiger partial charge in [-0.1, -0.05) is 24.3 Å². The SMILES string of the molecule is C[C@@H](N)c1ccc(CCOC(=O)C=O)cc1. The lowest BCUT2D eigenvalue weighted by Gasteiger charge is -2.06. The third-order valence-corrected chi connectivity index (χ3v) is 2.24. The monoisotopic (exact) mass is 221 g/mol. The fourth-order valence-corrected chi connectivity index (χ4v) is 1.29. The van der Waals surface area contributed by atoms with E-state index in [0.29, 0.717) is 6.42 Å². The van der Waals surface area contributed by atoms with Crippen LogP contribution in [0.15, 0.2) is 24.3 Å². The van der Waals surface area contributed by atoms with E-state index in [9.17, 15) is 9.59 Å². The average Bonchev–Trinajstić information content (AvgIpc) is 2.29. The molecule has 0 aromatic heterocycles. The molecule has 2 N–H and O–H groups in total. The van der Waals surface area contributed by atoms with E-state index >= 15 is 0 Å². The highest BCUT2D eigenvalue weighted by molar-refractivity contribution is 6.20. The van der Waals surface area contributed by atoms with Crippen molar-refractivity contribution in [3.63, 3.8) is 0 Å². The summed E-state index contributed by atoms with van der Waals surface area (Å²) >= 11 is 0. The van der Waals surface area contributed by atoms with Crippen LogP contribution in [-0.4, -0.2) is 18.9 Å². The van der Waals surface area contributed by atoms with E-state index in [0.717, 1.165) is 11.1 Å². The van der Waals surface area contributed by atoms with Gasteiger partial charge in [0, 0.05) is 12.5 Å². The fraction of sp³-hybridized carbons (Fsp3) is 0.333. The van der Waals surface area contributed by atoms with Crippen LogP contribution in [0.4, 0.5) is 0 Å². The van der Waals surface area contributed by atoms with Crippen LogP contribution in [-0.2, 0) is 20.7 Å². The molecule has 4 heteroatoms. The van der Waals surface area contributed by atoms with Gasteiger partial charge in [-0.15, -0.1) is 0 Å². The largest absolute Gasteiger partial charge is 0.460 e. The van der Waals surface area contributed by atoms with Crippen molar-refractivity contribution in [1.29, 1.82) is 0 Å². The van der Waals surface area contributed by atoms with Gasteiger partial charge in [0.1, 0.15) is 0 Å². The van der Waals surface area contributed by atoms with Crippen LogP contribution in [0.25, 0.3) is 0 Å². The number of carbonyl (C=O) groups is 2. The molecule has 0 aliphatic heterocycles. The molecule has 0 aliphatic carbocycles. The van der Waals surface area contributed by atoms with E-state index < -0.39 is 5.97 Å². The van der Waals surface area contributed by atoms with Gasteiger partial charge in [-0.3, -0.25) is 4.79 Å². The molecule has 0 spiro atoms. The van der Waals surface area contributed by atoms with E-state index in [1.165, 1.54) is 0 Å². The second-order valence-electron chi connectivity index (χ2n) is 3.57. The summed E-state index contributed by atoms with van der Waals surface area (Å²) in [4.78, 5) is 20.5. The maximum atomic E-state index is 10.5. The molecule has 0 aliphatic rings. The van der Waals surface area contributed by atoms with Crippen molar-refractivity contribution < 1.29 is 14.3 Å². The van der Waals surface area contributed by atoms with Crippen LogP contribution in [0.5, 0.6) is 0 Å². The Labute approximate surface area is 94.4 Å². The average molecular weight is 221 g/mol. The topological polar surface area (TPSA) is 69.4 Å². The lowest BCUT2D eigenvalue weighted by Crippen LogP contribution is -2.08. The molecule has 0 saturated carbocycles. The van der Waals surface area contributed by atoms with Crippen LogP contribution in [0.3, 0.4) is 0 Å². The minimum absolute atomic E-state index is 0.0157. The Kier molecular flexibility index (Phi) is 4.66. The zero-order chi connectivity index (χ0) is 12.0.